The summed E-state index contributed by atoms with van der Waals surface area (Å²) < 4.78 is 0.928. The molecule has 0 saturated carbocycles. The highest BCUT2D eigenvalue weighted by atomic mass is 79.9. The molecule has 2 rings (SSSR count). The summed E-state index contributed by atoms with van der Waals surface area (Å²) >= 11 is 9.55. The molecule has 2 aromatic rings. The molecule has 100 valence electrons. The number of hydrogen-bond acceptors (Lipinski definition) is 1. The Kier molecular flexibility index (Phi) is 4.67. The first-order valence-corrected chi connectivity index (χ1v) is 7.40. The van der Waals surface area contributed by atoms with Crippen LogP contribution >= 0.6 is 27.5 Å². The number of halogens is 2. The highest BCUT2D eigenvalue weighted by molar-refractivity contribution is 9.10. The van der Waals surface area contributed by atoms with Crippen molar-refractivity contribution in [2.45, 2.75) is 19.9 Å². The molecule has 0 spiro atoms. The summed E-state index contributed by atoms with van der Waals surface area (Å²) in [5, 5.41) is 4.12. The van der Waals surface area contributed by atoms with Gasteiger partial charge in [-0.1, -0.05) is 35.9 Å². The largest absolute Gasteiger partial charge is 0.309 e. The monoisotopic (exact) mass is 337 g/mol. The molecule has 19 heavy (non-hydrogen) atoms. The normalized spacial score (nSPS) is 12.5. The van der Waals surface area contributed by atoms with E-state index in [2.05, 4.69) is 65.4 Å². The first kappa shape index (κ1) is 14.6. The van der Waals surface area contributed by atoms with Crippen molar-refractivity contribution < 1.29 is 0 Å². The fourth-order valence-electron chi connectivity index (χ4n) is 2.28. The maximum atomic E-state index is 6.06. The SMILES string of the molecule is CNC(c1ccc(Cl)c(Br)c1)c1cccc(C)c1C. The average molecular weight is 339 g/mol. The van der Waals surface area contributed by atoms with E-state index in [4.69, 9.17) is 11.6 Å². The Hall–Kier alpha value is -0.830. The number of hydrogen-bond donors (Lipinski definition) is 1. The molecule has 1 N–H and O–H groups in total. The van der Waals surface area contributed by atoms with Crippen LogP contribution in [0.5, 0.6) is 0 Å². The zero-order valence-corrected chi connectivity index (χ0v) is 13.6. The molecule has 0 aliphatic carbocycles. The summed E-state index contributed by atoms with van der Waals surface area (Å²) in [6.07, 6.45) is 0. The quantitative estimate of drug-likeness (QED) is 0.828. The van der Waals surface area contributed by atoms with Crippen LogP contribution in [0.1, 0.15) is 28.3 Å². The minimum atomic E-state index is 0.175. The summed E-state index contributed by atoms with van der Waals surface area (Å²) in [6, 6.07) is 12.7. The first-order valence-electron chi connectivity index (χ1n) is 6.23. The molecule has 2 aromatic carbocycles. The van der Waals surface area contributed by atoms with Gasteiger partial charge in [-0.15, -0.1) is 0 Å². The molecule has 1 atom stereocenters. The Balaban J connectivity index is 2.50. The number of rotatable bonds is 3. The number of benzene rings is 2. The highest BCUT2D eigenvalue weighted by Gasteiger charge is 2.15. The topological polar surface area (TPSA) is 12.0 Å². The van der Waals surface area contributed by atoms with Crippen molar-refractivity contribution in [3.05, 3.63) is 68.1 Å². The molecule has 0 aliphatic heterocycles. The Morgan fingerprint density at radius 1 is 1.16 bits per heavy atom. The van der Waals surface area contributed by atoms with Crippen molar-refractivity contribution in [2.75, 3.05) is 7.05 Å². The lowest BCUT2D eigenvalue weighted by atomic mass is 9.93. The Morgan fingerprint density at radius 2 is 1.89 bits per heavy atom. The highest BCUT2D eigenvalue weighted by Crippen LogP contribution is 2.30. The maximum absolute atomic E-state index is 6.06. The summed E-state index contributed by atoms with van der Waals surface area (Å²) in [5.74, 6) is 0. The molecule has 3 heteroatoms. The van der Waals surface area contributed by atoms with Gasteiger partial charge in [0, 0.05) is 4.47 Å². The van der Waals surface area contributed by atoms with Crippen molar-refractivity contribution in [3.63, 3.8) is 0 Å². The standard InChI is InChI=1S/C16H17BrClN/c1-10-5-4-6-13(11(10)2)16(19-3)12-7-8-15(18)14(17)9-12/h4-9,16,19H,1-3H3. The van der Waals surface area contributed by atoms with E-state index < -0.39 is 0 Å². The Labute approximate surface area is 128 Å². The molecule has 0 aliphatic rings. The van der Waals surface area contributed by atoms with E-state index in [1.807, 2.05) is 13.1 Å². The molecule has 0 fully saturated rings. The summed E-state index contributed by atoms with van der Waals surface area (Å²) in [7, 11) is 1.98. The molecule has 0 radical (unpaired) electrons. The molecule has 0 bridgehead atoms. The van der Waals surface area contributed by atoms with Gasteiger partial charge in [0.25, 0.3) is 0 Å². The predicted molar refractivity (Wildman–Crippen MR) is 86.0 cm³/mol. The van der Waals surface area contributed by atoms with E-state index in [0.717, 1.165) is 9.50 Å². The van der Waals surface area contributed by atoms with Crippen LogP contribution in [0.3, 0.4) is 0 Å². The third-order valence-electron chi connectivity index (χ3n) is 3.52. The third-order valence-corrected chi connectivity index (χ3v) is 4.74. The molecule has 0 amide bonds. The van der Waals surface area contributed by atoms with Gasteiger partial charge in [-0.3, -0.25) is 0 Å². The smallest absolute Gasteiger partial charge is 0.0577 e. The molecule has 1 nitrogen and oxygen atoms in total. The number of aryl methyl sites for hydroxylation is 1. The van der Waals surface area contributed by atoms with Gasteiger partial charge < -0.3 is 5.32 Å². The zero-order chi connectivity index (χ0) is 14.0. The lowest BCUT2D eigenvalue weighted by Crippen LogP contribution is -2.19. The minimum absolute atomic E-state index is 0.175. The van der Waals surface area contributed by atoms with Gasteiger partial charge in [-0.2, -0.15) is 0 Å². The van der Waals surface area contributed by atoms with Crippen LogP contribution in [0.2, 0.25) is 5.02 Å². The van der Waals surface area contributed by atoms with E-state index in [0.29, 0.717) is 0 Å². The molecule has 1 unspecified atom stereocenters. The van der Waals surface area contributed by atoms with Crippen LogP contribution in [0.4, 0.5) is 0 Å². The Bertz CT molecular complexity index is 595. The van der Waals surface area contributed by atoms with Gasteiger partial charge in [0.2, 0.25) is 0 Å². The Morgan fingerprint density at radius 3 is 2.53 bits per heavy atom. The van der Waals surface area contributed by atoms with E-state index in [-0.39, 0.29) is 6.04 Å². The average Bonchev–Trinajstić information content (AvgIpc) is 2.39. The van der Waals surface area contributed by atoms with Crippen LogP contribution in [-0.2, 0) is 0 Å². The predicted octanol–water partition coefficient (Wildman–Crippen LogP) is 5.03. The summed E-state index contributed by atoms with van der Waals surface area (Å²) in [4.78, 5) is 0. The third kappa shape index (κ3) is 3.02. The van der Waals surface area contributed by atoms with Gasteiger partial charge in [-0.25, -0.2) is 0 Å². The van der Waals surface area contributed by atoms with Crippen LogP contribution in [-0.4, -0.2) is 7.05 Å². The lowest BCUT2D eigenvalue weighted by molar-refractivity contribution is 0.686. The van der Waals surface area contributed by atoms with E-state index in [1.54, 1.807) is 0 Å². The van der Waals surface area contributed by atoms with Gasteiger partial charge in [-0.05, 0) is 71.2 Å². The van der Waals surface area contributed by atoms with Crippen molar-refractivity contribution >= 4 is 27.5 Å². The second kappa shape index (κ2) is 6.08. The molecular weight excluding hydrogens is 322 g/mol. The maximum Gasteiger partial charge on any atom is 0.0577 e. The van der Waals surface area contributed by atoms with Crippen molar-refractivity contribution in [2.24, 2.45) is 0 Å². The first-order chi connectivity index (χ1) is 9.04. The molecular formula is C16H17BrClN. The lowest BCUT2D eigenvalue weighted by Gasteiger charge is -2.21. The molecule has 0 heterocycles. The number of nitrogens with one attached hydrogen (secondary N) is 1. The van der Waals surface area contributed by atoms with E-state index >= 15 is 0 Å². The van der Waals surface area contributed by atoms with Crippen molar-refractivity contribution in [1.29, 1.82) is 0 Å². The summed E-state index contributed by atoms with van der Waals surface area (Å²) in [5.41, 5.74) is 5.14. The van der Waals surface area contributed by atoms with Crippen molar-refractivity contribution in [1.82, 2.24) is 5.32 Å². The van der Waals surface area contributed by atoms with Crippen LogP contribution in [0.15, 0.2) is 40.9 Å². The fourth-order valence-corrected chi connectivity index (χ4v) is 2.79. The second-order valence-corrected chi connectivity index (χ2v) is 5.95. The van der Waals surface area contributed by atoms with Crippen LogP contribution in [0, 0.1) is 13.8 Å². The molecule has 0 saturated heterocycles. The zero-order valence-electron chi connectivity index (χ0n) is 11.3. The minimum Gasteiger partial charge on any atom is -0.309 e. The van der Waals surface area contributed by atoms with Gasteiger partial charge >= 0.3 is 0 Å². The van der Waals surface area contributed by atoms with Gasteiger partial charge in [0.1, 0.15) is 0 Å². The van der Waals surface area contributed by atoms with Gasteiger partial charge in [0.15, 0.2) is 0 Å². The van der Waals surface area contributed by atoms with Crippen LogP contribution in [0.25, 0.3) is 0 Å². The fraction of sp³-hybridized carbons (Fsp3) is 0.250. The van der Waals surface area contributed by atoms with Crippen LogP contribution < -0.4 is 5.32 Å². The van der Waals surface area contributed by atoms with Gasteiger partial charge in [0.05, 0.1) is 11.1 Å². The van der Waals surface area contributed by atoms with Crippen molar-refractivity contribution in [3.8, 4) is 0 Å². The summed E-state index contributed by atoms with van der Waals surface area (Å²) in [6.45, 7) is 4.31. The van der Waals surface area contributed by atoms with E-state index in [9.17, 15) is 0 Å². The van der Waals surface area contributed by atoms with E-state index in [1.165, 1.54) is 22.3 Å². The molecule has 0 aromatic heterocycles. The second-order valence-electron chi connectivity index (χ2n) is 4.68.